The first-order chi connectivity index (χ1) is 31.5. The average Bonchev–Trinajstić information content (AvgIpc) is 3.33. The third-order valence-electron chi connectivity index (χ3n) is 12.2. The molecule has 64 heavy (non-hydrogen) atoms. The fraction of sp³-hybridized carbons (Fsp3) is 0. The van der Waals surface area contributed by atoms with E-state index in [9.17, 15) is 0 Å². The van der Waals surface area contributed by atoms with Gasteiger partial charge in [0, 0.05) is 89.0 Å². The van der Waals surface area contributed by atoms with Crippen molar-refractivity contribution in [2.24, 2.45) is 0 Å². The molecule has 0 saturated carbocycles. The van der Waals surface area contributed by atoms with E-state index in [0.717, 1.165) is 109 Å². The highest BCUT2D eigenvalue weighted by Crippen LogP contribution is 2.41. The van der Waals surface area contributed by atoms with Crippen LogP contribution in [0, 0.1) is 44.7 Å². The fourth-order valence-electron chi connectivity index (χ4n) is 9.31. The quantitative estimate of drug-likeness (QED) is 0.0667. The van der Waals surface area contributed by atoms with Crippen LogP contribution in [0.5, 0.6) is 0 Å². The molecule has 0 aliphatic rings. The summed E-state index contributed by atoms with van der Waals surface area (Å²) in [5.41, 5.74) is 6.17. The van der Waals surface area contributed by atoms with Crippen LogP contribution in [-0.2, 0) is 45.4 Å². The summed E-state index contributed by atoms with van der Waals surface area (Å²) < 4.78 is 0. The van der Waals surface area contributed by atoms with Crippen LogP contribution in [0.2, 0.25) is 0 Å². The summed E-state index contributed by atoms with van der Waals surface area (Å²) in [7, 11) is 0. The van der Waals surface area contributed by atoms with Gasteiger partial charge in [-0.15, -0.1) is 0 Å². The molecule has 0 heterocycles. The van der Waals surface area contributed by atoms with Crippen molar-refractivity contribution in [3.05, 3.63) is 168 Å². The lowest BCUT2D eigenvalue weighted by Gasteiger charge is -2.15. The van der Waals surface area contributed by atoms with Crippen LogP contribution < -0.4 is 0 Å². The first-order valence-corrected chi connectivity index (χ1v) is 24.3. The SMILES string of the molecule is C=[S+]C#Cc1c2cc3ccccc3cc2c(C#C[S+]=C)c2cc3cc(-c4ccc5cc6c(C#C[S+]=C)c7cc8cc9ccccc9cc8cc7c(C#C[S+]=C)c6cc5c4)ccc3cc12. The number of benzene rings is 11. The van der Waals surface area contributed by atoms with Gasteiger partial charge in [-0.05, 0) is 138 Å². The molecule has 0 radical (unpaired) electrons. The molecule has 4 heteroatoms. The van der Waals surface area contributed by atoms with E-state index in [2.05, 4.69) is 214 Å². The minimum atomic E-state index is 0.975. The topological polar surface area (TPSA) is 0 Å². The van der Waals surface area contributed by atoms with Crippen molar-refractivity contribution in [3.63, 3.8) is 0 Å². The van der Waals surface area contributed by atoms with Gasteiger partial charge in [0.25, 0.3) is 45.4 Å². The second kappa shape index (κ2) is 16.2. The predicted octanol–water partition coefficient (Wildman–Crippen LogP) is 13.0. The molecule has 0 bridgehead atoms. The van der Waals surface area contributed by atoms with Crippen molar-refractivity contribution < 1.29 is 0 Å². The van der Waals surface area contributed by atoms with Gasteiger partial charge in [-0.1, -0.05) is 72.8 Å². The molecule has 0 nitrogen and oxygen atoms in total. The van der Waals surface area contributed by atoms with Gasteiger partial charge in [-0.3, -0.25) is 0 Å². The molecule has 0 spiro atoms. The molecule has 0 amide bonds. The number of fused-ring (bicyclic) bond motifs is 9. The molecule has 292 valence electrons. The standard InChI is InChI=1S/C60H32S4/c1-61-21-17-49-53-29-39-11-7-8-12-40(39)30-54(53)50(18-22-62-2)57-33-45-27-41(13-15-43(45)31-55(49)57)42-14-16-44-32-56-51(19-23-63-3)59-35-47-25-37-9-5-6-10-38(37)26-48(47)36-60(59)52(20-24-64-4)58(56)34-46(44)28-42/h5-16,25-36H,1-4H2/q+4. The Kier molecular flexibility index (Phi) is 9.95. The smallest absolute Gasteiger partial charge is 0.0616 e. The Bertz CT molecular complexity index is 4240. The summed E-state index contributed by atoms with van der Waals surface area (Å²) >= 11 is 5.12. The molecular weight excluding hydrogens is 849 g/mol. The van der Waals surface area contributed by atoms with E-state index < -0.39 is 0 Å². The molecule has 0 saturated heterocycles. The molecule has 0 aromatic heterocycles. The second-order valence-electron chi connectivity index (χ2n) is 15.6. The Labute approximate surface area is 386 Å². The molecule has 0 atom stereocenters. The first kappa shape index (κ1) is 39.2. The molecule has 0 aliphatic heterocycles. The van der Waals surface area contributed by atoms with Crippen molar-refractivity contribution in [1.82, 2.24) is 0 Å². The van der Waals surface area contributed by atoms with E-state index in [0.29, 0.717) is 0 Å². The number of hydrogen-bond donors (Lipinski definition) is 0. The van der Waals surface area contributed by atoms with Gasteiger partial charge in [-0.25, -0.2) is 0 Å². The van der Waals surface area contributed by atoms with Crippen LogP contribution in [0.1, 0.15) is 22.3 Å². The Morgan fingerprint density at radius 3 is 0.766 bits per heavy atom. The van der Waals surface area contributed by atoms with Gasteiger partial charge in [0.05, 0.1) is 0 Å². The highest BCUT2D eigenvalue weighted by molar-refractivity contribution is 7.81. The Morgan fingerprint density at radius 2 is 0.484 bits per heavy atom. The predicted molar refractivity (Wildman–Crippen MR) is 295 cm³/mol. The lowest BCUT2D eigenvalue weighted by atomic mass is 9.87. The van der Waals surface area contributed by atoms with Gasteiger partial charge in [0.15, 0.2) is 23.5 Å². The van der Waals surface area contributed by atoms with Crippen molar-refractivity contribution in [1.29, 1.82) is 0 Å². The van der Waals surface area contributed by atoms with Gasteiger partial charge in [-0.2, -0.15) is 0 Å². The van der Waals surface area contributed by atoms with Crippen LogP contribution in [0.3, 0.4) is 0 Å². The largest absolute Gasteiger partial charge is 0.272 e. The highest BCUT2D eigenvalue weighted by atomic mass is 32.1. The molecule has 11 aromatic rings. The lowest BCUT2D eigenvalue weighted by molar-refractivity contribution is 1.68. The van der Waals surface area contributed by atoms with Crippen molar-refractivity contribution in [2.45, 2.75) is 0 Å². The Morgan fingerprint density at radius 1 is 0.250 bits per heavy atom. The second-order valence-corrected chi connectivity index (χ2v) is 17.6. The molecule has 11 aromatic carbocycles. The van der Waals surface area contributed by atoms with Crippen LogP contribution in [0.25, 0.3) is 108 Å². The highest BCUT2D eigenvalue weighted by Gasteiger charge is 2.18. The van der Waals surface area contributed by atoms with Crippen molar-refractivity contribution in [2.75, 3.05) is 0 Å². The molecular formula is C60H32S4+4. The van der Waals surface area contributed by atoms with Crippen LogP contribution in [0.4, 0.5) is 0 Å². The minimum Gasteiger partial charge on any atom is -0.0616 e. The maximum absolute atomic E-state index is 3.99. The zero-order valence-electron chi connectivity index (χ0n) is 34.3. The van der Waals surface area contributed by atoms with E-state index >= 15 is 0 Å². The van der Waals surface area contributed by atoms with Crippen LogP contribution in [0.15, 0.2) is 146 Å². The summed E-state index contributed by atoms with van der Waals surface area (Å²) in [6.45, 7) is 0. The maximum Gasteiger partial charge on any atom is 0.272 e. The van der Waals surface area contributed by atoms with Gasteiger partial charge >= 0.3 is 0 Å². The number of hydrogen-bond acceptors (Lipinski definition) is 0. The van der Waals surface area contributed by atoms with E-state index in [1.807, 2.05) is 0 Å². The summed E-state index contributed by atoms with van der Waals surface area (Å²) in [4.78, 5) is 0. The molecule has 0 fully saturated rings. The van der Waals surface area contributed by atoms with E-state index in [4.69, 9.17) is 0 Å². The Hall–Kier alpha value is -7.64. The van der Waals surface area contributed by atoms with Crippen LogP contribution in [-0.4, -0.2) is 23.5 Å². The normalized spacial score (nSPS) is 10.9. The molecule has 0 aliphatic carbocycles. The van der Waals surface area contributed by atoms with Crippen molar-refractivity contribution >= 4 is 166 Å². The minimum absolute atomic E-state index is 0.975. The zero-order chi connectivity index (χ0) is 43.3. The van der Waals surface area contributed by atoms with E-state index in [1.165, 1.54) is 66.9 Å². The number of rotatable bonds is 1. The summed E-state index contributed by atoms with van der Waals surface area (Å²) in [6, 6.07) is 53.2. The first-order valence-electron chi connectivity index (χ1n) is 20.4. The van der Waals surface area contributed by atoms with Crippen LogP contribution >= 0.6 is 0 Å². The fourth-order valence-corrected chi connectivity index (χ4v) is 10.0. The summed E-state index contributed by atoms with van der Waals surface area (Å²) in [6.07, 6.45) is 0. The maximum atomic E-state index is 3.99. The molecule has 0 unspecified atom stereocenters. The summed E-state index contributed by atoms with van der Waals surface area (Å²) in [5, 5.41) is 33.0. The van der Waals surface area contributed by atoms with E-state index in [-0.39, 0.29) is 0 Å². The third kappa shape index (κ3) is 6.67. The summed E-state index contributed by atoms with van der Waals surface area (Å²) in [5.74, 6) is 29.9. The van der Waals surface area contributed by atoms with E-state index in [1.54, 1.807) is 0 Å². The van der Waals surface area contributed by atoms with Gasteiger partial charge < -0.3 is 0 Å². The molecule has 11 rings (SSSR count). The third-order valence-corrected chi connectivity index (χ3v) is 13.1. The zero-order valence-corrected chi connectivity index (χ0v) is 37.6. The van der Waals surface area contributed by atoms with Crippen molar-refractivity contribution in [3.8, 4) is 55.8 Å². The van der Waals surface area contributed by atoms with Gasteiger partial charge in [0.1, 0.15) is 0 Å². The average molecular weight is 881 g/mol. The molecule has 0 N–H and O–H groups in total. The lowest BCUT2D eigenvalue weighted by Crippen LogP contribution is -1.93. The Balaban J connectivity index is 1.13. The monoisotopic (exact) mass is 880 g/mol. The van der Waals surface area contributed by atoms with Gasteiger partial charge in [0.2, 0.25) is 21.0 Å².